The first-order valence-electron chi connectivity index (χ1n) is 9.21. The Morgan fingerprint density at radius 1 is 1.11 bits per heavy atom. The maximum Gasteiger partial charge on any atom is 0.319 e. The number of urea groups is 1. The number of carbonyl (C=O) groups excluding carboxylic acids is 1. The van der Waals surface area contributed by atoms with Crippen LogP contribution in [0.5, 0.6) is 0 Å². The highest BCUT2D eigenvalue weighted by Gasteiger charge is 2.12. The molecule has 0 saturated carbocycles. The Hall–Kier alpha value is -2.87. The summed E-state index contributed by atoms with van der Waals surface area (Å²) in [6.45, 7) is 6.44. The maximum atomic E-state index is 12.0. The van der Waals surface area contributed by atoms with E-state index in [2.05, 4.69) is 30.8 Å². The first kappa shape index (κ1) is 18.9. The highest BCUT2D eigenvalue weighted by molar-refractivity contribution is 5.89. The number of carbonyl (C=O) groups is 1. The van der Waals surface area contributed by atoms with E-state index in [4.69, 9.17) is 4.74 Å². The summed E-state index contributed by atoms with van der Waals surface area (Å²) in [6, 6.07) is 7.51. The van der Waals surface area contributed by atoms with Gasteiger partial charge in [0.25, 0.3) is 0 Å². The zero-order valence-corrected chi connectivity index (χ0v) is 15.6. The van der Waals surface area contributed by atoms with Gasteiger partial charge in [-0.2, -0.15) is 0 Å². The second kappa shape index (κ2) is 9.72. The molecule has 1 aliphatic rings. The number of hydrogen-bond acceptors (Lipinski definition) is 6. The smallest absolute Gasteiger partial charge is 0.319 e. The third kappa shape index (κ3) is 6.10. The van der Waals surface area contributed by atoms with Crippen molar-refractivity contribution < 1.29 is 9.53 Å². The van der Waals surface area contributed by atoms with Gasteiger partial charge in [-0.15, -0.1) is 0 Å². The number of rotatable bonds is 7. The molecule has 0 bridgehead atoms. The molecule has 3 N–H and O–H groups in total. The average Bonchev–Trinajstić information content (AvgIpc) is 2.70. The summed E-state index contributed by atoms with van der Waals surface area (Å²) >= 11 is 0. The molecule has 1 saturated heterocycles. The molecule has 144 valence electrons. The van der Waals surface area contributed by atoms with Gasteiger partial charge in [0.15, 0.2) is 0 Å². The van der Waals surface area contributed by atoms with E-state index in [1.165, 1.54) is 0 Å². The van der Waals surface area contributed by atoms with Crippen LogP contribution in [0.3, 0.4) is 0 Å². The number of nitrogens with zero attached hydrogens (tertiary/aromatic N) is 3. The largest absolute Gasteiger partial charge is 0.378 e. The molecule has 3 rings (SSSR count). The van der Waals surface area contributed by atoms with Gasteiger partial charge < -0.3 is 25.6 Å². The molecule has 0 atom stereocenters. The summed E-state index contributed by atoms with van der Waals surface area (Å²) in [5.41, 5.74) is 1.80. The van der Waals surface area contributed by atoms with Gasteiger partial charge in [-0.1, -0.05) is 6.07 Å². The molecule has 0 radical (unpaired) electrons. The minimum Gasteiger partial charge on any atom is -0.378 e. The zero-order valence-electron chi connectivity index (χ0n) is 15.6. The van der Waals surface area contributed by atoms with E-state index >= 15 is 0 Å². The molecule has 0 aliphatic carbocycles. The molecule has 0 aromatic carbocycles. The predicted octanol–water partition coefficient (Wildman–Crippen LogP) is 2.25. The van der Waals surface area contributed by atoms with Gasteiger partial charge in [-0.25, -0.2) is 14.8 Å². The van der Waals surface area contributed by atoms with Crippen LogP contribution in [0.15, 0.2) is 36.7 Å². The van der Waals surface area contributed by atoms with Crippen molar-refractivity contribution in [3.05, 3.63) is 42.2 Å². The molecule has 8 heteroatoms. The Balaban J connectivity index is 1.33. The Morgan fingerprint density at radius 3 is 2.67 bits per heavy atom. The number of nitrogens with one attached hydrogen (secondary N) is 3. The van der Waals surface area contributed by atoms with Crippen molar-refractivity contribution in [2.24, 2.45) is 0 Å². The van der Waals surface area contributed by atoms with Crippen LogP contribution in [-0.4, -0.2) is 55.4 Å². The minimum absolute atomic E-state index is 0.232. The number of pyridine rings is 2. The molecular weight excluding hydrogens is 344 g/mol. The number of hydrogen-bond donors (Lipinski definition) is 3. The molecule has 2 amide bonds. The van der Waals surface area contributed by atoms with E-state index in [1.807, 2.05) is 37.4 Å². The number of morpholine rings is 1. The van der Waals surface area contributed by atoms with Crippen molar-refractivity contribution in [1.82, 2.24) is 15.3 Å². The van der Waals surface area contributed by atoms with Gasteiger partial charge in [-0.3, -0.25) is 0 Å². The molecule has 2 aromatic heterocycles. The van der Waals surface area contributed by atoms with Gasteiger partial charge >= 0.3 is 6.03 Å². The molecule has 1 aliphatic heterocycles. The minimum atomic E-state index is -0.232. The Morgan fingerprint density at radius 2 is 1.96 bits per heavy atom. The number of amides is 2. The molecule has 0 spiro atoms. The Labute approximate surface area is 159 Å². The fourth-order valence-electron chi connectivity index (χ4n) is 2.69. The third-order valence-corrected chi connectivity index (χ3v) is 4.20. The van der Waals surface area contributed by atoms with E-state index in [0.29, 0.717) is 12.2 Å². The standard InChI is InChI=1S/C19H26N6O2/c1-15-3-5-17(22-13-15)20-7-2-8-21-19(26)24-16-4-6-18(23-14-16)25-9-11-27-12-10-25/h3-6,13-14H,2,7-12H2,1H3,(H,20,22)(H2,21,24,26). The lowest BCUT2D eigenvalue weighted by molar-refractivity contribution is 0.122. The number of anilines is 3. The molecule has 0 unspecified atom stereocenters. The first-order chi connectivity index (χ1) is 13.2. The molecule has 27 heavy (non-hydrogen) atoms. The SMILES string of the molecule is Cc1ccc(NCCCNC(=O)Nc2ccc(N3CCOCC3)nc2)nc1. The number of aryl methyl sites for hydroxylation is 1. The molecule has 2 aromatic rings. The zero-order chi connectivity index (χ0) is 18.9. The first-order valence-corrected chi connectivity index (χ1v) is 9.21. The van der Waals surface area contributed by atoms with Crippen LogP contribution in [0.4, 0.5) is 22.1 Å². The van der Waals surface area contributed by atoms with Gasteiger partial charge in [0.1, 0.15) is 11.6 Å². The van der Waals surface area contributed by atoms with Crippen molar-refractivity contribution in [3.63, 3.8) is 0 Å². The van der Waals surface area contributed by atoms with Gasteiger partial charge in [0.05, 0.1) is 25.1 Å². The molecular formula is C19H26N6O2. The lowest BCUT2D eigenvalue weighted by Crippen LogP contribution is -2.36. The predicted molar refractivity (Wildman–Crippen MR) is 106 cm³/mol. The Kier molecular flexibility index (Phi) is 6.81. The third-order valence-electron chi connectivity index (χ3n) is 4.20. The van der Waals surface area contributed by atoms with Crippen molar-refractivity contribution in [2.45, 2.75) is 13.3 Å². The van der Waals surface area contributed by atoms with Crippen molar-refractivity contribution >= 4 is 23.4 Å². The molecule has 8 nitrogen and oxygen atoms in total. The van der Waals surface area contributed by atoms with E-state index in [9.17, 15) is 4.79 Å². The van der Waals surface area contributed by atoms with Crippen molar-refractivity contribution in [3.8, 4) is 0 Å². The lowest BCUT2D eigenvalue weighted by Gasteiger charge is -2.27. The van der Waals surface area contributed by atoms with Crippen molar-refractivity contribution in [1.29, 1.82) is 0 Å². The lowest BCUT2D eigenvalue weighted by atomic mass is 10.3. The van der Waals surface area contributed by atoms with Crippen LogP contribution < -0.4 is 20.9 Å². The van der Waals surface area contributed by atoms with Gasteiger partial charge in [0.2, 0.25) is 0 Å². The highest BCUT2D eigenvalue weighted by Crippen LogP contribution is 2.15. The fourth-order valence-corrected chi connectivity index (χ4v) is 2.69. The van der Waals surface area contributed by atoms with Crippen LogP contribution in [0.2, 0.25) is 0 Å². The van der Waals surface area contributed by atoms with E-state index in [-0.39, 0.29) is 6.03 Å². The van der Waals surface area contributed by atoms with Crippen LogP contribution in [0.25, 0.3) is 0 Å². The summed E-state index contributed by atoms with van der Waals surface area (Å²) in [7, 11) is 0. The average molecular weight is 370 g/mol. The number of aromatic nitrogens is 2. The quantitative estimate of drug-likeness (QED) is 0.648. The van der Waals surface area contributed by atoms with Gasteiger partial charge in [0, 0.05) is 32.4 Å². The van der Waals surface area contributed by atoms with E-state index in [1.54, 1.807) is 6.20 Å². The van der Waals surface area contributed by atoms with Crippen LogP contribution in [0.1, 0.15) is 12.0 Å². The van der Waals surface area contributed by atoms with Crippen LogP contribution in [0, 0.1) is 6.92 Å². The summed E-state index contributed by atoms with van der Waals surface area (Å²) in [6.07, 6.45) is 4.30. The molecule has 1 fully saturated rings. The van der Waals surface area contributed by atoms with Crippen LogP contribution in [-0.2, 0) is 4.74 Å². The topological polar surface area (TPSA) is 91.4 Å². The van der Waals surface area contributed by atoms with E-state index in [0.717, 1.165) is 56.5 Å². The van der Waals surface area contributed by atoms with E-state index < -0.39 is 0 Å². The summed E-state index contributed by atoms with van der Waals surface area (Å²) < 4.78 is 5.34. The second-order valence-corrected chi connectivity index (χ2v) is 6.39. The monoisotopic (exact) mass is 370 g/mol. The Bertz CT molecular complexity index is 714. The highest BCUT2D eigenvalue weighted by atomic mass is 16.5. The van der Waals surface area contributed by atoms with Gasteiger partial charge in [-0.05, 0) is 37.1 Å². The van der Waals surface area contributed by atoms with Crippen molar-refractivity contribution in [2.75, 3.05) is 54.9 Å². The summed E-state index contributed by atoms with van der Waals surface area (Å²) in [5.74, 6) is 1.75. The second-order valence-electron chi connectivity index (χ2n) is 6.39. The normalized spacial score (nSPS) is 13.9. The molecule has 3 heterocycles. The van der Waals surface area contributed by atoms with Crippen LogP contribution >= 0.6 is 0 Å². The summed E-state index contributed by atoms with van der Waals surface area (Å²) in [5, 5.41) is 8.86. The summed E-state index contributed by atoms with van der Waals surface area (Å²) in [4.78, 5) is 22.8. The number of ether oxygens (including phenoxy) is 1. The fraction of sp³-hybridized carbons (Fsp3) is 0.421. The maximum absolute atomic E-state index is 12.0.